The zero-order valence-corrected chi connectivity index (χ0v) is 14.3. The van der Waals surface area contributed by atoms with Crippen molar-refractivity contribution in [2.75, 3.05) is 26.3 Å². The number of carbonyl (C=O) groups is 1. The Hall–Kier alpha value is -1.38. The maximum Gasteiger partial charge on any atom is 0.268 e. The molecular weight excluding hydrogens is 318 g/mol. The molecule has 1 aromatic heterocycles. The van der Waals surface area contributed by atoms with Gasteiger partial charge in [0.05, 0.1) is 13.2 Å². The van der Waals surface area contributed by atoms with E-state index in [4.69, 9.17) is 4.74 Å². The van der Waals surface area contributed by atoms with Crippen molar-refractivity contribution in [3.8, 4) is 0 Å². The summed E-state index contributed by atoms with van der Waals surface area (Å²) in [6.45, 7) is 3.48. The fraction of sp³-hybridized carbons (Fsp3) is 0.667. The Bertz CT molecular complexity index is 688. The molecule has 1 aromatic rings. The number of ether oxygens (including phenoxy) is 1. The summed E-state index contributed by atoms with van der Waals surface area (Å²) in [4.78, 5) is 12.5. The van der Waals surface area contributed by atoms with Crippen LogP contribution in [0.15, 0.2) is 17.2 Å². The second-order valence-corrected chi connectivity index (χ2v) is 8.23. The Morgan fingerprint density at radius 1 is 1.35 bits per heavy atom. The number of sulfonamides is 1. The van der Waals surface area contributed by atoms with Crippen LogP contribution in [0.5, 0.6) is 0 Å². The summed E-state index contributed by atoms with van der Waals surface area (Å²) in [7, 11) is -1.89. The van der Waals surface area contributed by atoms with Crippen LogP contribution in [-0.4, -0.2) is 55.5 Å². The molecule has 1 saturated carbocycles. The first kappa shape index (κ1) is 16.5. The van der Waals surface area contributed by atoms with E-state index in [2.05, 4.69) is 5.32 Å². The van der Waals surface area contributed by atoms with Crippen molar-refractivity contribution in [2.24, 2.45) is 13.0 Å². The molecule has 1 atom stereocenters. The molecule has 1 saturated heterocycles. The minimum atomic E-state index is -3.58. The van der Waals surface area contributed by atoms with E-state index in [0.717, 1.165) is 12.8 Å². The van der Waals surface area contributed by atoms with E-state index in [1.807, 2.05) is 6.92 Å². The highest BCUT2D eigenvalue weighted by Gasteiger charge is 2.31. The van der Waals surface area contributed by atoms with Crippen molar-refractivity contribution in [3.05, 3.63) is 18.0 Å². The zero-order valence-electron chi connectivity index (χ0n) is 13.5. The van der Waals surface area contributed by atoms with E-state index < -0.39 is 10.0 Å². The first-order chi connectivity index (χ1) is 10.9. The number of rotatable bonds is 5. The van der Waals surface area contributed by atoms with E-state index in [-0.39, 0.29) is 16.8 Å². The molecule has 0 bridgehead atoms. The van der Waals surface area contributed by atoms with E-state index in [9.17, 15) is 13.2 Å². The number of nitrogens with zero attached hydrogens (tertiary/aromatic N) is 2. The SMILES string of the molecule is C[C@@H](NC(=O)c1cc(S(=O)(=O)N2CCOCC2)cn1C)C1CC1. The van der Waals surface area contributed by atoms with Gasteiger partial charge in [-0.1, -0.05) is 0 Å². The molecule has 7 nitrogen and oxygen atoms in total. The smallest absolute Gasteiger partial charge is 0.268 e. The third kappa shape index (κ3) is 3.44. The summed E-state index contributed by atoms with van der Waals surface area (Å²) in [5.74, 6) is 0.325. The van der Waals surface area contributed by atoms with Gasteiger partial charge in [0.2, 0.25) is 10.0 Å². The van der Waals surface area contributed by atoms with E-state index in [0.29, 0.717) is 37.9 Å². The molecule has 8 heteroatoms. The van der Waals surface area contributed by atoms with Gasteiger partial charge in [0, 0.05) is 32.4 Å². The Morgan fingerprint density at radius 3 is 2.61 bits per heavy atom. The van der Waals surface area contributed by atoms with Gasteiger partial charge in [0.1, 0.15) is 10.6 Å². The van der Waals surface area contributed by atoms with Gasteiger partial charge in [-0.25, -0.2) is 8.42 Å². The molecule has 2 fully saturated rings. The van der Waals surface area contributed by atoms with Crippen molar-refractivity contribution in [3.63, 3.8) is 0 Å². The standard InChI is InChI=1S/C15H23N3O4S/c1-11(12-3-4-12)16-15(19)14-9-13(10-17(14)2)23(20,21)18-5-7-22-8-6-18/h9-12H,3-8H2,1-2H3,(H,16,19)/t11-/m1/s1. The lowest BCUT2D eigenvalue weighted by Gasteiger charge is -2.25. The monoisotopic (exact) mass is 341 g/mol. The normalized spacial score (nSPS) is 21.1. The van der Waals surface area contributed by atoms with Gasteiger partial charge in [-0.05, 0) is 31.7 Å². The van der Waals surface area contributed by atoms with Crippen LogP contribution in [0.2, 0.25) is 0 Å². The number of hydrogen-bond acceptors (Lipinski definition) is 4. The molecule has 0 radical (unpaired) electrons. The van der Waals surface area contributed by atoms with Crippen molar-refractivity contribution < 1.29 is 17.9 Å². The molecule has 1 aliphatic carbocycles. The average molecular weight is 341 g/mol. The number of aryl methyl sites for hydroxylation is 1. The summed E-state index contributed by atoms with van der Waals surface area (Å²) in [5.41, 5.74) is 0.365. The fourth-order valence-electron chi connectivity index (χ4n) is 2.83. The van der Waals surface area contributed by atoms with Crippen molar-refractivity contribution >= 4 is 15.9 Å². The molecule has 1 N–H and O–H groups in total. The third-order valence-electron chi connectivity index (χ3n) is 4.51. The largest absolute Gasteiger partial charge is 0.379 e. The van der Waals surface area contributed by atoms with E-state index >= 15 is 0 Å². The molecule has 2 aliphatic rings. The number of aromatic nitrogens is 1. The molecule has 1 aliphatic heterocycles. The lowest BCUT2D eigenvalue weighted by atomic mass is 10.2. The van der Waals surface area contributed by atoms with Crippen LogP contribution < -0.4 is 5.32 Å². The van der Waals surface area contributed by atoms with Crippen LogP contribution in [0.4, 0.5) is 0 Å². The second-order valence-electron chi connectivity index (χ2n) is 6.29. The molecule has 0 aromatic carbocycles. The Labute approximate surface area is 136 Å². The highest BCUT2D eigenvalue weighted by molar-refractivity contribution is 7.89. The molecule has 0 spiro atoms. The quantitative estimate of drug-likeness (QED) is 0.849. The topological polar surface area (TPSA) is 80.6 Å². The van der Waals surface area contributed by atoms with E-state index in [1.54, 1.807) is 11.6 Å². The summed E-state index contributed by atoms with van der Waals surface area (Å²) < 4.78 is 33.5. The fourth-order valence-corrected chi connectivity index (χ4v) is 4.31. The van der Waals surface area contributed by atoms with Gasteiger partial charge in [-0.2, -0.15) is 4.31 Å². The number of morpholine rings is 1. The van der Waals surface area contributed by atoms with Gasteiger partial charge in [-0.3, -0.25) is 4.79 Å². The van der Waals surface area contributed by atoms with Gasteiger partial charge < -0.3 is 14.6 Å². The number of nitrogens with one attached hydrogen (secondary N) is 1. The van der Waals surface area contributed by atoms with Crippen molar-refractivity contribution in [1.82, 2.24) is 14.2 Å². The molecule has 0 unspecified atom stereocenters. The minimum Gasteiger partial charge on any atom is -0.379 e. The van der Waals surface area contributed by atoms with Crippen molar-refractivity contribution in [2.45, 2.75) is 30.7 Å². The zero-order chi connectivity index (χ0) is 16.6. The Kier molecular flexibility index (Phi) is 4.48. The van der Waals surface area contributed by atoms with Gasteiger partial charge in [-0.15, -0.1) is 0 Å². The highest BCUT2D eigenvalue weighted by Crippen LogP contribution is 2.32. The first-order valence-electron chi connectivity index (χ1n) is 7.94. The Morgan fingerprint density at radius 2 is 2.00 bits per heavy atom. The van der Waals surface area contributed by atoms with Crippen LogP contribution in [0, 0.1) is 5.92 Å². The lowest BCUT2D eigenvalue weighted by Crippen LogP contribution is -2.40. The maximum atomic E-state index is 12.6. The molecule has 128 valence electrons. The van der Waals surface area contributed by atoms with Crippen LogP contribution >= 0.6 is 0 Å². The number of carbonyl (C=O) groups excluding carboxylic acids is 1. The van der Waals surface area contributed by atoms with Crippen LogP contribution in [-0.2, 0) is 21.8 Å². The molecule has 3 rings (SSSR count). The molecule has 23 heavy (non-hydrogen) atoms. The lowest BCUT2D eigenvalue weighted by molar-refractivity contribution is 0.0730. The average Bonchev–Trinajstić information content (AvgIpc) is 3.30. The Balaban J connectivity index is 1.78. The summed E-state index contributed by atoms with van der Waals surface area (Å²) in [6.07, 6.45) is 3.79. The van der Waals surface area contributed by atoms with Gasteiger partial charge in [0.25, 0.3) is 5.91 Å². The molecular formula is C15H23N3O4S. The first-order valence-corrected chi connectivity index (χ1v) is 9.38. The maximum absolute atomic E-state index is 12.6. The van der Waals surface area contributed by atoms with Crippen LogP contribution in [0.1, 0.15) is 30.3 Å². The number of amides is 1. The van der Waals surface area contributed by atoms with Gasteiger partial charge in [0.15, 0.2) is 0 Å². The summed E-state index contributed by atoms with van der Waals surface area (Å²) in [5, 5.41) is 2.96. The van der Waals surface area contributed by atoms with Crippen LogP contribution in [0.25, 0.3) is 0 Å². The molecule has 2 heterocycles. The van der Waals surface area contributed by atoms with Gasteiger partial charge >= 0.3 is 0 Å². The molecule has 1 amide bonds. The predicted octanol–water partition coefficient (Wildman–Crippen LogP) is 0.574. The predicted molar refractivity (Wildman–Crippen MR) is 84.6 cm³/mol. The second kappa shape index (κ2) is 6.26. The van der Waals surface area contributed by atoms with Crippen molar-refractivity contribution in [1.29, 1.82) is 0 Å². The minimum absolute atomic E-state index is 0.122. The third-order valence-corrected chi connectivity index (χ3v) is 6.37. The number of hydrogen-bond donors (Lipinski definition) is 1. The highest BCUT2D eigenvalue weighted by atomic mass is 32.2. The van der Waals surface area contributed by atoms with E-state index in [1.165, 1.54) is 16.6 Å². The summed E-state index contributed by atoms with van der Waals surface area (Å²) in [6, 6.07) is 1.58. The summed E-state index contributed by atoms with van der Waals surface area (Å²) >= 11 is 0. The van der Waals surface area contributed by atoms with Crippen LogP contribution in [0.3, 0.4) is 0 Å².